The first kappa shape index (κ1) is 19.5. The number of para-hydroxylation sites is 1. The molecule has 1 unspecified atom stereocenters. The molecule has 2 heterocycles. The number of aryl methyl sites for hydroxylation is 1. The lowest BCUT2D eigenvalue weighted by Gasteiger charge is -2.14. The van der Waals surface area contributed by atoms with Crippen LogP contribution in [0, 0.1) is 6.92 Å². The number of nitrogens with one attached hydrogen (secondary N) is 1. The largest absolute Gasteiger partial charge is 0.324 e. The monoisotopic (exact) mass is 422 g/mol. The standard InChI is InChI=1S/C22H19ClN4OS/c1-14-10-11-18(17(23)13-14)25-21(28)15(2)29-22-26-19-9-6-12-24-20(19)27(22)16-7-4-3-5-8-16/h3-13,15H,1-2H3,(H,25,28). The number of fused-ring (bicyclic) bond motifs is 1. The number of amides is 1. The number of carbonyl (C=O) groups excluding carboxylic acids is 1. The van der Waals surface area contributed by atoms with Gasteiger partial charge in [0.25, 0.3) is 0 Å². The highest BCUT2D eigenvalue weighted by atomic mass is 35.5. The molecule has 0 aliphatic carbocycles. The average Bonchev–Trinajstić information content (AvgIpc) is 3.08. The van der Waals surface area contributed by atoms with Crippen LogP contribution >= 0.6 is 23.4 Å². The summed E-state index contributed by atoms with van der Waals surface area (Å²) in [7, 11) is 0. The van der Waals surface area contributed by atoms with E-state index < -0.39 is 0 Å². The van der Waals surface area contributed by atoms with Gasteiger partial charge in [0.1, 0.15) is 5.52 Å². The first-order chi connectivity index (χ1) is 14.0. The number of carbonyl (C=O) groups is 1. The molecule has 1 atom stereocenters. The van der Waals surface area contributed by atoms with Crippen LogP contribution in [-0.4, -0.2) is 25.7 Å². The Bertz CT molecular complexity index is 1180. The summed E-state index contributed by atoms with van der Waals surface area (Å²) in [5.74, 6) is -0.139. The predicted molar refractivity (Wildman–Crippen MR) is 119 cm³/mol. The summed E-state index contributed by atoms with van der Waals surface area (Å²) < 4.78 is 1.97. The lowest BCUT2D eigenvalue weighted by atomic mass is 10.2. The Labute approximate surface area is 178 Å². The minimum atomic E-state index is -0.383. The number of aromatic nitrogens is 3. The van der Waals surface area contributed by atoms with Gasteiger partial charge in [-0.1, -0.05) is 47.6 Å². The Hall–Kier alpha value is -2.83. The van der Waals surface area contributed by atoms with E-state index in [1.165, 1.54) is 11.8 Å². The quantitative estimate of drug-likeness (QED) is 0.431. The van der Waals surface area contributed by atoms with Gasteiger partial charge in [0.15, 0.2) is 10.8 Å². The van der Waals surface area contributed by atoms with Crippen molar-refractivity contribution in [1.82, 2.24) is 14.5 Å². The van der Waals surface area contributed by atoms with Gasteiger partial charge in [0, 0.05) is 11.9 Å². The van der Waals surface area contributed by atoms with E-state index in [1.54, 1.807) is 6.20 Å². The molecule has 0 saturated carbocycles. The van der Waals surface area contributed by atoms with Crippen LogP contribution in [0.3, 0.4) is 0 Å². The molecule has 0 saturated heterocycles. The van der Waals surface area contributed by atoms with Crippen molar-refractivity contribution < 1.29 is 4.79 Å². The highest BCUT2D eigenvalue weighted by Crippen LogP contribution is 2.30. The molecule has 146 valence electrons. The fourth-order valence-corrected chi connectivity index (χ4v) is 4.16. The van der Waals surface area contributed by atoms with Crippen molar-refractivity contribution in [3.63, 3.8) is 0 Å². The van der Waals surface area contributed by atoms with E-state index >= 15 is 0 Å². The van der Waals surface area contributed by atoms with Crippen LogP contribution in [0.5, 0.6) is 0 Å². The van der Waals surface area contributed by atoms with Gasteiger partial charge in [-0.2, -0.15) is 0 Å². The van der Waals surface area contributed by atoms with E-state index in [4.69, 9.17) is 16.6 Å². The molecular weight excluding hydrogens is 404 g/mol. The zero-order valence-electron chi connectivity index (χ0n) is 16.0. The number of rotatable bonds is 5. The lowest BCUT2D eigenvalue weighted by molar-refractivity contribution is -0.115. The molecule has 1 N–H and O–H groups in total. The second-order valence-corrected chi connectivity index (χ2v) is 8.36. The predicted octanol–water partition coefficient (Wildman–Crippen LogP) is 5.50. The zero-order valence-corrected chi connectivity index (χ0v) is 17.5. The highest BCUT2D eigenvalue weighted by molar-refractivity contribution is 8.00. The van der Waals surface area contributed by atoms with Gasteiger partial charge in [-0.15, -0.1) is 0 Å². The summed E-state index contributed by atoms with van der Waals surface area (Å²) >= 11 is 7.63. The molecule has 7 heteroatoms. The highest BCUT2D eigenvalue weighted by Gasteiger charge is 2.21. The third-order valence-corrected chi connectivity index (χ3v) is 5.80. The van der Waals surface area contributed by atoms with Crippen molar-refractivity contribution in [3.05, 3.63) is 77.4 Å². The summed E-state index contributed by atoms with van der Waals surface area (Å²) in [5.41, 5.74) is 4.14. The normalized spacial score (nSPS) is 12.1. The molecule has 2 aromatic heterocycles. The maximum Gasteiger partial charge on any atom is 0.237 e. The smallest absolute Gasteiger partial charge is 0.237 e. The Balaban J connectivity index is 1.62. The summed E-state index contributed by atoms with van der Waals surface area (Å²) in [6, 6.07) is 19.2. The fourth-order valence-electron chi connectivity index (χ4n) is 2.95. The summed E-state index contributed by atoms with van der Waals surface area (Å²) in [5, 5.41) is 3.76. The molecule has 29 heavy (non-hydrogen) atoms. The maximum absolute atomic E-state index is 12.8. The second kappa shape index (κ2) is 8.27. The molecular formula is C22H19ClN4OS. The minimum absolute atomic E-state index is 0.139. The second-order valence-electron chi connectivity index (χ2n) is 6.64. The molecule has 0 spiro atoms. The first-order valence-electron chi connectivity index (χ1n) is 9.15. The molecule has 5 nitrogen and oxygen atoms in total. The summed E-state index contributed by atoms with van der Waals surface area (Å²) in [6.07, 6.45) is 1.74. The molecule has 4 rings (SSSR count). The van der Waals surface area contributed by atoms with Gasteiger partial charge in [0.2, 0.25) is 5.91 Å². The van der Waals surface area contributed by atoms with Gasteiger partial charge in [0.05, 0.1) is 16.0 Å². The number of imidazole rings is 1. The fraction of sp³-hybridized carbons (Fsp3) is 0.136. The topological polar surface area (TPSA) is 59.8 Å². The third kappa shape index (κ3) is 4.13. The number of anilines is 1. The van der Waals surface area contributed by atoms with Crippen LogP contribution in [0.1, 0.15) is 12.5 Å². The van der Waals surface area contributed by atoms with Crippen LogP contribution in [0.25, 0.3) is 16.9 Å². The van der Waals surface area contributed by atoms with Crippen LogP contribution in [0.15, 0.2) is 72.0 Å². The van der Waals surface area contributed by atoms with Crippen LogP contribution in [0.4, 0.5) is 5.69 Å². The minimum Gasteiger partial charge on any atom is -0.324 e. The number of nitrogens with zero attached hydrogens (tertiary/aromatic N) is 3. The van der Waals surface area contributed by atoms with E-state index in [0.29, 0.717) is 15.9 Å². The van der Waals surface area contributed by atoms with E-state index in [-0.39, 0.29) is 11.2 Å². The molecule has 0 aliphatic heterocycles. The molecule has 0 aliphatic rings. The van der Waals surface area contributed by atoms with E-state index in [9.17, 15) is 4.79 Å². The third-order valence-electron chi connectivity index (χ3n) is 4.43. The van der Waals surface area contributed by atoms with Crippen LogP contribution < -0.4 is 5.32 Å². The first-order valence-corrected chi connectivity index (χ1v) is 10.4. The van der Waals surface area contributed by atoms with Gasteiger partial charge in [-0.3, -0.25) is 9.36 Å². The van der Waals surface area contributed by atoms with Gasteiger partial charge >= 0.3 is 0 Å². The molecule has 0 radical (unpaired) electrons. The van der Waals surface area contributed by atoms with E-state index in [2.05, 4.69) is 10.3 Å². The molecule has 0 bridgehead atoms. The van der Waals surface area contributed by atoms with Crippen molar-refractivity contribution in [2.75, 3.05) is 5.32 Å². The Morgan fingerprint density at radius 3 is 2.69 bits per heavy atom. The number of thioether (sulfide) groups is 1. The van der Waals surface area contributed by atoms with Crippen LogP contribution in [-0.2, 0) is 4.79 Å². The van der Waals surface area contributed by atoms with Gasteiger partial charge < -0.3 is 5.32 Å². The van der Waals surface area contributed by atoms with Crippen molar-refractivity contribution in [2.24, 2.45) is 0 Å². The zero-order chi connectivity index (χ0) is 20.4. The Kier molecular flexibility index (Phi) is 5.56. The summed E-state index contributed by atoms with van der Waals surface area (Å²) in [6.45, 7) is 3.81. The Morgan fingerprint density at radius 1 is 1.14 bits per heavy atom. The van der Waals surface area contributed by atoms with Crippen molar-refractivity contribution in [3.8, 4) is 5.69 Å². The summed E-state index contributed by atoms with van der Waals surface area (Å²) in [4.78, 5) is 22.0. The van der Waals surface area contributed by atoms with E-state index in [1.807, 2.05) is 79.1 Å². The van der Waals surface area contributed by atoms with Crippen LogP contribution in [0.2, 0.25) is 5.02 Å². The molecule has 4 aromatic rings. The number of hydrogen-bond acceptors (Lipinski definition) is 4. The number of pyridine rings is 1. The Morgan fingerprint density at radius 2 is 1.93 bits per heavy atom. The van der Waals surface area contributed by atoms with Crippen molar-refractivity contribution in [2.45, 2.75) is 24.3 Å². The van der Waals surface area contributed by atoms with Crippen molar-refractivity contribution >= 4 is 46.1 Å². The van der Waals surface area contributed by atoms with Gasteiger partial charge in [-0.25, -0.2) is 9.97 Å². The maximum atomic E-state index is 12.8. The van der Waals surface area contributed by atoms with Crippen molar-refractivity contribution in [1.29, 1.82) is 0 Å². The number of hydrogen-bond donors (Lipinski definition) is 1. The SMILES string of the molecule is Cc1ccc(NC(=O)C(C)Sc2nc3cccnc3n2-c2ccccc2)c(Cl)c1. The lowest BCUT2D eigenvalue weighted by Crippen LogP contribution is -2.23. The molecule has 1 amide bonds. The number of benzene rings is 2. The number of halogens is 1. The van der Waals surface area contributed by atoms with Gasteiger partial charge in [-0.05, 0) is 55.8 Å². The average molecular weight is 423 g/mol. The molecule has 2 aromatic carbocycles. The van der Waals surface area contributed by atoms with E-state index in [0.717, 1.165) is 22.4 Å². The molecule has 0 fully saturated rings.